The van der Waals surface area contributed by atoms with Crippen LogP contribution in [0.2, 0.25) is 0 Å². The van der Waals surface area contributed by atoms with Crippen molar-refractivity contribution in [2.75, 3.05) is 6.26 Å². The molecule has 1 N–H and O–H groups in total. The number of carbonyl (C=O) groups is 1. The third kappa shape index (κ3) is 4.53. The fourth-order valence-corrected chi connectivity index (χ4v) is 1.85. The van der Waals surface area contributed by atoms with Gasteiger partial charge in [0.15, 0.2) is 0 Å². The Labute approximate surface area is 121 Å². The summed E-state index contributed by atoms with van der Waals surface area (Å²) in [6.07, 6.45) is 3.99. The monoisotopic (exact) mass is 307 g/mol. The lowest BCUT2D eigenvalue weighted by Crippen LogP contribution is -2.20. The van der Waals surface area contributed by atoms with Crippen molar-refractivity contribution in [2.45, 2.75) is 11.8 Å². The molecule has 1 amide bonds. The Hall–Kier alpha value is -2.48. The number of hydrogen-bond acceptors (Lipinski definition) is 6. The first-order valence-corrected chi connectivity index (χ1v) is 7.88. The summed E-state index contributed by atoms with van der Waals surface area (Å²) in [5.74, 6) is -0.324. The molecule has 1 heterocycles. The zero-order chi connectivity index (χ0) is 15.3. The molecule has 110 valence electrons. The van der Waals surface area contributed by atoms with Gasteiger partial charge in [-0.1, -0.05) is 35.4 Å². The summed E-state index contributed by atoms with van der Waals surface area (Å²) >= 11 is 0. The quantitative estimate of drug-likeness (QED) is 0.820. The minimum atomic E-state index is -3.53. The molecule has 0 saturated heterocycles. The Morgan fingerprint density at radius 1 is 1.29 bits per heavy atom. The van der Waals surface area contributed by atoms with E-state index in [2.05, 4.69) is 15.5 Å². The van der Waals surface area contributed by atoms with Crippen molar-refractivity contribution in [3.8, 4) is 0 Å². The van der Waals surface area contributed by atoms with Crippen LogP contribution in [0.3, 0.4) is 0 Å². The average Bonchev–Trinajstić information content (AvgIpc) is 2.93. The van der Waals surface area contributed by atoms with Gasteiger partial charge in [-0.3, -0.25) is 4.79 Å². The van der Waals surface area contributed by atoms with Crippen LogP contribution in [0.4, 0.5) is 0 Å². The molecule has 0 bridgehead atoms. The number of rotatable bonds is 5. The molecule has 1 aromatic carbocycles. The highest BCUT2D eigenvalue weighted by atomic mass is 32.2. The number of nitrogens with zero attached hydrogens (tertiary/aromatic N) is 2. The molecule has 0 aliphatic rings. The first-order valence-electron chi connectivity index (χ1n) is 5.98. The summed E-state index contributed by atoms with van der Waals surface area (Å²) in [5.41, 5.74) is 0.893. The van der Waals surface area contributed by atoms with E-state index in [1.165, 1.54) is 6.08 Å². The maximum atomic E-state index is 11.6. The molecule has 8 heteroatoms. The summed E-state index contributed by atoms with van der Waals surface area (Å²) in [5, 5.41) is 8.97. The smallest absolute Gasteiger partial charge is 0.335 e. The van der Waals surface area contributed by atoms with Crippen LogP contribution in [-0.2, 0) is 21.2 Å². The van der Waals surface area contributed by atoms with Gasteiger partial charge in [-0.05, 0) is 11.6 Å². The van der Waals surface area contributed by atoms with Gasteiger partial charge in [0.1, 0.15) is 0 Å². The van der Waals surface area contributed by atoms with E-state index in [9.17, 15) is 13.2 Å². The predicted octanol–water partition coefficient (Wildman–Crippen LogP) is 0.803. The standard InChI is InChI=1S/C13H13N3O4S/c1-21(18,19)13-16-15-12(20-13)9-14-11(17)8-7-10-5-3-2-4-6-10/h2-8H,9H2,1H3,(H,14,17)/b8-7+. The first-order chi connectivity index (χ1) is 9.95. The van der Waals surface area contributed by atoms with E-state index in [0.29, 0.717) is 0 Å². The molecule has 1 aromatic heterocycles. The predicted molar refractivity (Wildman–Crippen MR) is 74.7 cm³/mol. The second-order valence-corrected chi connectivity index (χ2v) is 6.09. The van der Waals surface area contributed by atoms with Crippen LogP contribution in [0, 0.1) is 0 Å². The van der Waals surface area contributed by atoms with Gasteiger partial charge in [-0.2, -0.15) is 0 Å². The molecule has 0 atom stereocenters. The number of carbonyl (C=O) groups excluding carboxylic acids is 1. The van der Waals surface area contributed by atoms with E-state index in [1.807, 2.05) is 30.3 Å². The number of aromatic nitrogens is 2. The van der Waals surface area contributed by atoms with Crippen LogP contribution in [0.15, 0.2) is 46.0 Å². The molecule has 0 aliphatic carbocycles. The van der Waals surface area contributed by atoms with Crippen LogP contribution in [-0.4, -0.2) is 30.8 Å². The summed E-state index contributed by atoms with van der Waals surface area (Å²) in [6.45, 7) is -0.0412. The second kappa shape index (κ2) is 6.31. The summed E-state index contributed by atoms with van der Waals surface area (Å²) < 4.78 is 27.2. The van der Waals surface area contributed by atoms with E-state index in [4.69, 9.17) is 4.42 Å². The highest BCUT2D eigenvalue weighted by Gasteiger charge is 2.16. The van der Waals surface area contributed by atoms with Gasteiger partial charge in [-0.25, -0.2) is 8.42 Å². The minimum Gasteiger partial charge on any atom is -0.411 e. The molecular weight excluding hydrogens is 294 g/mol. The van der Waals surface area contributed by atoms with Crippen LogP contribution < -0.4 is 5.32 Å². The third-order valence-corrected chi connectivity index (χ3v) is 3.21. The number of sulfone groups is 1. The molecule has 0 fully saturated rings. The number of nitrogens with one attached hydrogen (secondary N) is 1. The van der Waals surface area contributed by atoms with E-state index in [0.717, 1.165) is 11.8 Å². The fourth-order valence-electron chi connectivity index (χ4n) is 1.42. The maximum Gasteiger partial charge on any atom is 0.335 e. The molecule has 0 aliphatic heterocycles. The number of benzene rings is 1. The van der Waals surface area contributed by atoms with Gasteiger partial charge < -0.3 is 9.73 Å². The molecule has 0 unspecified atom stereocenters. The van der Waals surface area contributed by atoms with E-state index in [-0.39, 0.29) is 18.3 Å². The van der Waals surface area contributed by atoms with Gasteiger partial charge in [-0.15, -0.1) is 5.10 Å². The topological polar surface area (TPSA) is 102 Å². The normalized spacial score (nSPS) is 11.7. The summed E-state index contributed by atoms with van der Waals surface area (Å²) in [7, 11) is -3.53. The van der Waals surface area contributed by atoms with Crippen molar-refractivity contribution in [3.05, 3.63) is 47.9 Å². The van der Waals surface area contributed by atoms with Crippen molar-refractivity contribution in [1.82, 2.24) is 15.5 Å². The van der Waals surface area contributed by atoms with Crippen molar-refractivity contribution in [2.24, 2.45) is 0 Å². The van der Waals surface area contributed by atoms with Gasteiger partial charge in [0.05, 0.1) is 6.54 Å². The Morgan fingerprint density at radius 2 is 2.00 bits per heavy atom. The molecular formula is C13H13N3O4S. The van der Waals surface area contributed by atoms with Crippen molar-refractivity contribution in [1.29, 1.82) is 0 Å². The molecule has 21 heavy (non-hydrogen) atoms. The Bertz CT molecular complexity index is 751. The second-order valence-electron chi connectivity index (χ2n) is 4.20. The molecule has 0 radical (unpaired) electrons. The van der Waals surface area contributed by atoms with Gasteiger partial charge in [0.25, 0.3) is 0 Å². The molecule has 2 rings (SSSR count). The molecule has 0 spiro atoms. The van der Waals surface area contributed by atoms with Crippen LogP contribution in [0.5, 0.6) is 0 Å². The van der Waals surface area contributed by atoms with Gasteiger partial charge in [0, 0.05) is 12.3 Å². The first kappa shape index (κ1) is 14.9. The van der Waals surface area contributed by atoms with E-state index >= 15 is 0 Å². The summed E-state index contributed by atoms with van der Waals surface area (Å²) in [6, 6.07) is 9.33. The fraction of sp³-hybridized carbons (Fsp3) is 0.154. The molecule has 0 saturated carbocycles. The zero-order valence-corrected chi connectivity index (χ0v) is 12.0. The minimum absolute atomic E-state index is 0.0249. The van der Waals surface area contributed by atoms with Crippen molar-refractivity contribution < 1.29 is 17.6 Å². The zero-order valence-electron chi connectivity index (χ0n) is 11.2. The largest absolute Gasteiger partial charge is 0.411 e. The summed E-state index contributed by atoms with van der Waals surface area (Å²) in [4.78, 5) is 11.6. The van der Waals surface area contributed by atoms with Gasteiger partial charge in [0.2, 0.25) is 21.6 Å². The van der Waals surface area contributed by atoms with Gasteiger partial charge >= 0.3 is 5.22 Å². The maximum absolute atomic E-state index is 11.6. The van der Waals surface area contributed by atoms with Crippen molar-refractivity contribution in [3.63, 3.8) is 0 Å². The Kier molecular flexibility index (Phi) is 4.49. The Morgan fingerprint density at radius 3 is 2.62 bits per heavy atom. The molecule has 2 aromatic rings. The third-order valence-electron chi connectivity index (χ3n) is 2.41. The lowest BCUT2D eigenvalue weighted by atomic mass is 10.2. The number of hydrogen-bond donors (Lipinski definition) is 1. The lowest BCUT2D eigenvalue weighted by Gasteiger charge is -1.97. The van der Waals surface area contributed by atoms with Crippen LogP contribution >= 0.6 is 0 Å². The Balaban J connectivity index is 1.90. The lowest BCUT2D eigenvalue weighted by molar-refractivity contribution is -0.116. The average molecular weight is 307 g/mol. The van der Waals surface area contributed by atoms with Crippen LogP contribution in [0.25, 0.3) is 6.08 Å². The SMILES string of the molecule is CS(=O)(=O)c1nnc(CNC(=O)/C=C/c2ccccc2)o1. The van der Waals surface area contributed by atoms with Crippen LogP contribution in [0.1, 0.15) is 11.5 Å². The highest BCUT2D eigenvalue weighted by molar-refractivity contribution is 7.90. The van der Waals surface area contributed by atoms with E-state index < -0.39 is 15.1 Å². The number of amides is 1. The van der Waals surface area contributed by atoms with E-state index in [1.54, 1.807) is 6.08 Å². The highest BCUT2D eigenvalue weighted by Crippen LogP contribution is 2.06. The molecule has 7 nitrogen and oxygen atoms in total. The van der Waals surface area contributed by atoms with Crippen molar-refractivity contribution >= 4 is 21.8 Å².